The van der Waals surface area contributed by atoms with E-state index in [4.69, 9.17) is 14.2 Å². The Balaban J connectivity index is 1.43. The molecule has 156 valence electrons. The van der Waals surface area contributed by atoms with Crippen molar-refractivity contribution in [1.29, 1.82) is 0 Å². The molecule has 2 aromatic rings. The van der Waals surface area contributed by atoms with Crippen LogP contribution < -0.4 is 20.1 Å². The second kappa shape index (κ2) is 8.71. The molecular formula is C22H22N2O5S. The van der Waals surface area contributed by atoms with E-state index in [1.165, 1.54) is 11.8 Å². The lowest BCUT2D eigenvalue weighted by atomic mass is 10.1. The van der Waals surface area contributed by atoms with Gasteiger partial charge in [0.2, 0.25) is 6.79 Å². The quantitative estimate of drug-likeness (QED) is 0.760. The minimum absolute atomic E-state index is 0.212. The molecule has 2 aromatic carbocycles. The van der Waals surface area contributed by atoms with E-state index in [9.17, 15) is 9.59 Å². The minimum atomic E-state index is -0.228. The zero-order chi connectivity index (χ0) is 21.1. The van der Waals surface area contributed by atoms with Crippen molar-refractivity contribution in [3.05, 3.63) is 63.8 Å². The average Bonchev–Trinajstić information content (AvgIpc) is 3.21. The van der Waals surface area contributed by atoms with E-state index in [1.54, 1.807) is 19.1 Å². The lowest BCUT2D eigenvalue weighted by molar-refractivity contribution is -0.112. The Morgan fingerprint density at radius 2 is 1.83 bits per heavy atom. The fourth-order valence-electron chi connectivity index (χ4n) is 3.14. The largest absolute Gasteiger partial charge is 0.496 e. The number of ether oxygens (including phenoxy) is 3. The number of nitrogens with one attached hydrogen (secondary N) is 2. The summed E-state index contributed by atoms with van der Waals surface area (Å²) in [5.74, 6) is 2.29. The maximum absolute atomic E-state index is 12.6. The van der Waals surface area contributed by atoms with Gasteiger partial charge in [0, 0.05) is 23.5 Å². The van der Waals surface area contributed by atoms with E-state index < -0.39 is 0 Å². The van der Waals surface area contributed by atoms with E-state index in [0.717, 1.165) is 16.9 Å². The first-order valence-corrected chi connectivity index (χ1v) is 10.5. The number of hydrogen-bond donors (Lipinski definition) is 2. The number of carbonyl (C=O) groups excluding carboxylic acids is 2. The molecular weight excluding hydrogens is 404 g/mol. The summed E-state index contributed by atoms with van der Waals surface area (Å²) in [7, 11) is 0. The fraction of sp³-hybridized carbons (Fsp3) is 0.273. The van der Waals surface area contributed by atoms with Gasteiger partial charge in [0.15, 0.2) is 11.5 Å². The van der Waals surface area contributed by atoms with Crippen molar-refractivity contribution in [3.8, 4) is 11.5 Å². The SMILES string of the molecule is CC1=C(C(=O)Nc2cc(C(=O)NCc3ccc4c(c3)OCO4)ccc2C)SCCO1. The van der Waals surface area contributed by atoms with Gasteiger partial charge in [0.25, 0.3) is 11.8 Å². The third-order valence-corrected chi connectivity index (χ3v) is 5.94. The third kappa shape index (κ3) is 4.38. The highest BCUT2D eigenvalue weighted by atomic mass is 32.2. The van der Waals surface area contributed by atoms with Crippen LogP contribution in [-0.2, 0) is 16.1 Å². The van der Waals surface area contributed by atoms with E-state index in [0.29, 0.717) is 46.6 Å². The Labute approximate surface area is 178 Å². The number of amides is 2. The second-order valence-corrected chi connectivity index (χ2v) is 8.04. The molecule has 0 fully saturated rings. The molecule has 2 N–H and O–H groups in total. The van der Waals surface area contributed by atoms with Crippen LogP contribution in [0.25, 0.3) is 0 Å². The van der Waals surface area contributed by atoms with Crippen LogP contribution in [0.2, 0.25) is 0 Å². The first kappa shape index (κ1) is 20.2. The number of carbonyl (C=O) groups is 2. The molecule has 7 nitrogen and oxygen atoms in total. The molecule has 2 amide bonds. The van der Waals surface area contributed by atoms with Gasteiger partial charge in [-0.1, -0.05) is 12.1 Å². The maximum atomic E-state index is 12.6. The smallest absolute Gasteiger partial charge is 0.265 e. The highest BCUT2D eigenvalue weighted by molar-refractivity contribution is 8.04. The van der Waals surface area contributed by atoms with Crippen LogP contribution in [0.4, 0.5) is 5.69 Å². The maximum Gasteiger partial charge on any atom is 0.265 e. The van der Waals surface area contributed by atoms with Gasteiger partial charge in [-0.2, -0.15) is 0 Å². The minimum Gasteiger partial charge on any atom is -0.496 e. The van der Waals surface area contributed by atoms with Crippen LogP contribution in [0.1, 0.15) is 28.4 Å². The number of fused-ring (bicyclic) bond motifs is 1. The van der Waals surface area contributed by atoms with Crippen molar-refractivity contribution in [3.63, 3.8) is 0 Å². The number of thioether (sulfide) groups is 1. The van der Waals surface area contributed by atoms with Crippen LogP contribution in [0.5, 0.6) is 11.5 Å². The molecule has 0 spiro atoms. The van der Waals surface area contributed by atoms with Gasteiger partial charge in [0.1, 0.15) is 10.7 Å². The number of aryl methyl sites for hydroxylation is 1. The monoisotopic (exact) mass is 426 g/mol. The van der Waals surface area contributed by atoms with E-state index in [2.05, 4.69) is 10.6 Å². The molecule has 0 radical (unpaired) electrons. The van der Waals surface area contributed by atoms with Crippen LogP contribution in [0, 0.1) is 6.92 Å². The zero-order valence-electron chi connectivity index (χ0n) is 16.7. The predicted molar refractivity (Wildman–Crippen MR) is 115 cm³/mol. The highest BCUT2D eigenvalue weighted by Gasteiger charge is 2.20. The van der Waals surface area contributed by atoms with Crippen LogP contribution in [0.3, 0.4) is 0 Å². The normalized spacial score (nSPS) is 14.9. The summed E-state index contributed by atoms with van der Waals surface area (Å²) in [6.45, 7) is 4.84. The van der Waals surface area contributed by atoms with Gasteiger partial charge in [0.05, 0.1) is 6.61 Å². The molecule has 2 heterocycles. The van der Waals surface area contributed by atoms with Gasteiger partial charge in [-0.05, 0) is 49.2 Å². The molecule has 0 unspecified atom stereocenters. The zero-order valence-corrected chi connectivity index (χ0v) is 17.6. The van der Waals surface area contributed by atoms with Gasteiger partial charge in [-0.25, -0.2) is 0 Å². The van der Waals surface area contributed by atoms with E-state index in [-0.39, 0.29) is 18.6 Å². The Morgan fingerprint density at radius 3 is 2.67 bits per heavy atom. The molecule has 0 aliphatic carbocycles. The summed E-state index contributed by atoms with van der Waals surface area (Å²) in [5, 5.41) is 5.79. The molecule has 0 bridgehead atoms. The van der Waals surface area contributed by atoms with E-state index >= 15 is 0 Å². The first-order valence-electron chi connectivity index (χ1n) is 9.56. The van der Waals surface area contributed by atoms with Crippen LogP contribution in [0.15, 0.2) is 47.1 Å². The van der Waals surface area contributed by atoms with Gasteiger partial charge in [-0.15, -0.1) is 11.8 Å². The lowest BCUT2D eigenvalue weighted by Gasteiger charge is -2.18. The Morgan fingerprint density at radius 1 is 1.00 bits per heavy atom. The number of rotatable bonds is 5. The topological polar surface area (TPSA) is 85.9 Å². The van der Waals surface area contributed by atoms with Crippen LogP contribution >= 0.6 is 11.8 Å². The van der Waals surface area contributed by atoms with Crippen molar-refractivity contribution in [1.82, 2.24) is 5.32 Å². The molecule has 0 saturated heterocycles. The summed E-state index contributed by atoms with van der Waals surface area (Å²) in [5.41, 5.74) is 2.85. The summed E-state index contributed by atoms with van der Waals surface area (Å²) in [6, 6.07) is 10.8. The number of allylic oxidation sites excluding steroid dienone is 1. The van der Waals surface area contributed by atoms with Crippen molar-refractivity contribution in [2.75, 3.05) is 24.5 Å². The molecule has 0 saturated carbocycles. The molecule has 2 aliphatic heterocycles. The molecule has 0 atom stereocenters. The van der Waals surface area contributed by atoms with Crippen molar-refractivity contribution in [2.24, 2.45) is 0 Å². The highest BCUT2D eigenvalue weighted by Crippen LogP contribution is 2.32. The number of anilines is 1. The fourth-order valence-corrected chi connectivity index (χ4v) is 3.96. The Hall–Kier alpha value is -3.13. The summed E-state index contributed by atoms with van der Waals surface area (Å²) in [6.07, 6.45) is 0. The third-order valence-electron chi connectivity index (χ3n) is 4.81. The summed E-state index contributed by atoms with van der Waals surface area (Å²) < 4.78 is 16.1. The molecule has 8 heteroatoms. The van der Waals surface area contributed by atoms with Crippen LogP contribution in [-0.4, -0.2) is 31.0 Å². The Kier molecular flexibility index (Phi) is 5.85. The number of hydrogen-bond acceptors (Lipinski definition) is 6. The van der Waals surface area contributed by atoms with E-state index in [1.807, 2.05) is 31.2 Å². The number of benzene rings is 2. The van der Waals surface area contributed by atoms with Crippen molar-refractivity contribution < 1.29 is 23.8 Å². The van der Waals surface area contributed by atoms with Gasteiger partial charge >= 0.3 is 0 Å². The lowest BCUT2D eigenvalue weighted by Crippen LogP contribution is -2.23. The van der Waals surface area contributed by atoms with Gasteiger partial charge < -0.3 is 24.8 Å². The average molecular weight is 426 g/mol. The predicted octanol–water partition coefficient (Wildman–Crippen LogP) is 3.59. The van der Waals surface area contributed by atoms with Gasteiger partial charge in [-0.3, -0.25) is 9.59 Å². The first-order chi connectivity index (χ1) is 14.5. The van der Waals surface area contributed by atoms with Crippen molar-refractivity contribution >= 4 is 29.3 Å². The molecule has 30 heavy (non-hydrogen) atoms. The Bertz CT molecular complexity index is 1030. The summed E-state index contributed by atoms with van der Waals surface area (Å²) >= 11 is 1.47. The molecule has 0 aromatic heterocycles. The molecule has 4 rings (SSSR count). The van der Waals surface area contributed by atoms with Crippen molar-refractivity contribution in [2.45, 2.75) is 20.4 Å². The standard InChI is InChI=1S/C22H22N2O5S/c1-13-3-5-16(10-17(13)24-22(26)20-14(2)27-7-8-30-20)21(25)23-11-15-4-6-18-19(9-15)29-12-28-18/h3-6,9-10H,7-8,11-12H2,1-2H3,(H,23,25)(H,24,26). The molecule has 2 aliphatic rings. The second-order valence-electron chi connectivity index (χ2n) is 6.94. The summed E-state index contributed by atoms with van der Waals surface area (Å²) in [4.78, 5) is 25.8.